The Morgan fingerprint density at radius 1 is 1.00 bits per heavy atom. The predicted molar refractivity (Wildman–Crippen MR) is 111 cm³/mol. The number of unbranched alkanes of at least 4 members (excludes halogenated alkanes) is 3. The van der Waals surface area contributed by atoms with Gasteiger partial charge in [-0.25, -0.2) is 8.42 Å². The van der Waals surface area contributed by atoms with E-state index < -0.39 is 9.84 Å². The first-order chi connectivity index (χ1) is 12.8. The minimum absolute atomic E-state index is 0. The van der Waals surface area contributed by atoms with Crippen LogP contribution in [0.3, 0.4) is 0 Å². The summed E-state index contributed by atoms with van der Waals surface area (Å²) < 4.78 is 23.3. The second-order valence-electron chi connectivity index (χ2n) is 6.93. The van der Waals surface area contributed by atoms with Crippen LogP contribution in [0.2, 0.25) is 0 Å². The molecule has 2 N–H and O–H groups in total. The van der Waals surface area contributed by atoms with Crippen molar-refractivity contribution in [3.63, 3.8) is 0 Å². The standard InChI is InChI=1S/C19H29N3O4S.ClH/c1-27(25,26)17-8-6-7-16(15-17)19(24)22-13-11-21(12-14-22)18(23)9-4-2-3-5-10-20;/h6-8,15H,2-5,9-14,20H2,1H3;1H. The highest BCUT2D eigenvalue weighted by atomic mass is 35.5. The van der Waals surface area contributed by atoms with Gasteiger partial charge in [-0.2, -0.15) is 0 Å². The molecule has 0 unspecified atom stereocenters. The first-order valence-corrected chi connectivity index (χ1v) is 11.3. The van der Waals surface area contributed by atoms with Gasteiger partial charge < -0.3 is 15.5 Å². The molecule has 7 nitrogen and oxygen atoms in total. The van der Waals surface area contributed by atoms with Crippen LogP contribution >= 0.6 is 12.4 Å². The van der Waals surface area contributed by atoms with E-state index in [0.717, 1.165) is 31.9 Å². The van der Waals surface area contributed by atoms with Crippen molar-refractivity contribution in [3.8, 4) is 0 Å². The van der Waals surface area contributed by atoms with E-state index in [1.165, 1.54) is 12.1 Å². The maximum absolute atomic E-state index is 12.6. The fourth-order valence-electron chi connectivity index (χ4n) is 3.13. The zero-order valence-electron chi connectivity index (χ0n) is 16.3. The zero-order valence-corrected chi connectivity index (χ0v) is 17.9. The Kier molecular flexibility index (Phi) is 9.92. The molecule has 0 aromatic heterocycles. The van der Waals surface area contributed by atoms with Crippen molar-refractivity contribution >= 4 is 34.1 Å². The number of amides is 2. The predicted octanol–water partition coefficient (Wildman–Crippen LogP) is 1.71. The van der Waals surface area contributed by atoms with Gasteiger partial charge in [0, 0.05) is 44.4 Å². The van der Waals surface area contributed by atoms with Crippen LogP contribution in [0.5, 0.6) is 0 Å². The minimum atomic E-state index is -3.36. The Hall–Kier alpha value is -1.64. The molecule has 1 heterocycles. The molecule has 158 valence electrons. The first kappa shape index (κ1) is 24.4. The molecule has 0 saturated carbocycles. The summed E-state index contributed by atoms with van der Waals surface area (Å²) in [6.45, 7) is 2.64. The summed E-state index contributed by atoms with van der Waals surface area (Å²) in [4.78, 5) is 28.5. The van der Waals surface area contributed by atoms with Gasteiger partial charge in [-0.15, -0.1) is 12.4 Å². The number of piperazine rings is 1. The third-order valence-corrected chi connectivity index (χ3v) is 5.88. The molecule has 1 aromatic carbocycles. The van der Waals surface area contributed by atoms with Crippen LogP contribution in [0.4, 0.5) is 0 Å². The summed E-state index contributed by atoms with van der Waals surface area (Å²) in [5, 5.41) is 0. The van der Waals surface area contributed by atoms with E-state index in [2.05, 4.69) is 0 Å². The SMILES string of the molecule is CS(=O)(=O)c1cccc(C(=O)N2CCN(C(=O)CCCCCCN)CC2)c1.Cl. The van der Waals surface area contributed by atoms with E-state index in [0.29, 0.717) is 44.7 Å². The van der Waals surface area contributed by atoms with Crippen LogP contribution in [0.1, 0.15) is 42.5 Å². The van der Waals surface area contributed by atoms with Gasteiger partial charge in [-0.05, 0) is 37.6 Å². The zero-order chi connectivity index (χ0) is 19.9. The lowest BCUT2D eigenvalue weighted by Gasteiger charge is -2.35. The lowest BCUT2D eigenvalue weighted by atomic mass is 10.1. The minimum Gasteiger partial charge on any atom is -0.339 e. The molecule has 0 radical (unpaired) electrons. The molecule has 0 bridgehead atoms. The maximum atomic E-state index is 12.6. The highest BCUT2D eigenvalue weighted by molar-refractivity contribution is 7.90. The number of nitrogens with zero attached hydrogens (tertiary/aromatic N) is 2. The summed E-state index contributed by atoms with van der Waals surface area (Å²) in [6, 6.07) is 6.09. The van der Waals surface area contributed by atoms with Gasteiger partial charge in [0.25, 0.3) is 5.91 Å². The highest BCUT2D eigenvalue weighted by Gasteiger charge is 2.25. The summed E-state index contributed by atoms with van der Waals surface area (Å²) in [5.41, 5.74) is 5.82. The largest absolute Gasteiger partial charge is 0.339 e. The second-order valence-corrected chi connectivity index (χ2v) is 8.94. The summed E-state index contributed by atoms with van der Waals surface area (Å²) in [6.07, 6.45) is 5.59. The monoisotopic (exact) mass is 431 g/mol. The van der Waals surface area contributed by atoms with Crippen molar-refractivity contribution < 1.29 is 18.0 Å². The molecular weight excluding hydrogens is 402 g/mol. The van der Waals surface area contributed by atoms with Crippen molar-refractivity contribution in [2.45, 2.75) is 37.0 Å². The number of rotatable bonds is 8. The van der Waals surface area contributed by atoms with E-state index in [9.17, 15) is 18.0 Å². The van der Waals surface area contributed by atoms with E-state index in [4.69, 9.17) is 5.73 Å². The number of hydrogen-bond donors (Lipinski definition) is 1. The fourth-order valence-corrected chi connectivity index (χ4v) is 3.80. The molecule has 9 heteroatoms. The van der Waals surface area contributed by atoms with Crippen LogP contribution in [0, 0.1) is 0 Å². The number of benzene rings is 1. The van der Waals surface area contributed by atoms with Gasteiger partial charge in [-0.1, -0.05) is 18.9 Å². The van der Waals surface area contributed by atoms with E-state index in [1.807, 2.05) is 0 Å². The van der Waals surface area contributed by atoms with E-state index in [1.54, 1.807) is 21.9 Å². The molecular formula is C19H30ClN3O4S. The fraction of sp³-hybridized carbons (Fsp3) is 0.579. The molecule has 1 fully saturated rings. The third-order valence-electron chi connectivity index (χ3n) is 4.77. The van der Waals surface area contributed by atoms with Gasteiger partial charge in [0.1, 0.15) is 0 Å². The van der Waals surface area contributed by atoms with E-state index >= 15 is 0 Å². The lowest BCUT2D eigenvalue weighted by molar-refractivity contribution is -0.132. The van der Waals surface area contributed by atoms with Crippen LogP contribution in [0.25, 0.3) is 0 Å². The number of carbonyl (C=O) groups excluding carboxylic acids is 2. The number of halogens is 1. The van der Waals surface area contributed by atoms with Crippen LogP contribution < -0.4 is 5.73 Å². The molecule has 1 aliphatic rings. The maximum Gasteiger partial charge on any atom is 0.254 e. The molecule has 0 spiro atoms. The molecule has 2 amide bonds. The van der Waals surface area contributed by atoms with Gasteiger partial charge in [0.05, 0.1) is 4.90 Å². The molecule has 1 aliphatic heterocycles. The van der Waals surface area contributed by atoms with Gasteiger partial charge in [0.2, 0.25) is 5.91 Å². The molecule has 28 heavy (non-hydrogen) atoms. The Balaban J connectivity index is 0.00000392. The Morgan fingerprint density at radius 2 is 1.61 bits per heavy atom. The first-order valence-electron chi connectivity index (χ1n) is 9.40. The van der Waals surface area contributed by atoms with Crippen LogP contribution in [-0.4, -0.2) is 69.0 Å². The van der Waals surface area contributed by atoms with Crippen molar-refractivity contribution in [3.05, 3.63) is 29.8 Å². The molecule has 0 atom stereocenters. The molecule has 1 aromatic rings. The quantitative estimate of drug-likeness (QED) is 0.631. The number of nitrogens with two attached hydrogens (primary N) is 1. The normalized spacial score (nSPS) is 14.5. The summed E-state index contributed by atoms with van der Waals surface area (Å²) in [7, 11) is -3.36. The van der Waals surface area contributed by atoms with Crippen molar-refractivity contribution in [1.82, 2.24) is 9.80 Å². The average molecular weight is 432 g/mol. The second kappa shape index (κ2) is 11.4. The van der Waals surface area contributed by atoms with Crippen LogP contribution in [0.15, 0.2) is 29.2 Å². The average Bonchev–Trinajstić information content (AvgIpc) is 2.66. The van der Waals surface area contributed by atoms with Gasteiger partial charge in [-0.3, -0.25) is 9.59 Å². The number of carbonyl (C=O) groups is 2. The van der Waals surface area contributed by atoms with E-state index in [-0.39, 0.29) is 29.1 Å². The van der Waals surface area contributed by atoms with Crippen molar-refractivity contribution in [2.24, 2.45) is 5.73 Å². The summed E-state index contributed by atoms with van der Waals surface area (Å²) in [5.74, 6) is -0.0664. The number of hydrogen-bond acceptors (Lipinski definition) is 5. The van der Waals surface area contributed by atoms with Crippen molar-refractivity contribution in [1.29, 1.82) is 0 Å². The van der Waals surface area contributed by atoms with Gasteiger partial charge >= 0.3 is 0 Å². The summed E-state index contributed by atoms with van der Waals surface area (Å²) >= 11 is 0. The smallest absolute Gasteiger partial charge is 0.254 e. The lowest BCUT2D eigenvalue weighted by Crippen LogP contribution is -2.50. The number of sulfone groups is 1. The highest BCUT2D eigenvalue weighted by Crippen LogP contribution is 2.15. The van der Waals surface area contributed by atoms with Gasteiger partial charge in [0.15, 0.2) is 9.84 Å². The third kappa shape index (κ3) is 7.07. The molecule has 0 aliphatic carbocycles. The Bertz CT molecular complexity index is 762. The van der Waals surface area contributed by atoms with Crippen LogP contribution in [-0.2, 0) is 14.6 Å². The topological polar surface area (TPSA) is 101 Å². The molecule has 2 rings (SSSR count). The Labute approximate surface area is 173 Å². The Morgan fingerprint density at radius 3 is 2.21 bits per heavy atom. The molecule has 1 saturated heterocycles. The van der Waals surface area contributed by atoms with Crippen molar-refractivity contribution in [2.75, 3.05) is 39.0 Å².